The highest BCUT2D eigenvalue weighted by molar-refractivity contribution is 7.91. The fourth-order valence-corrected chi connectivity index (χ4v) is 8.51. The first-order valence-electron chi connectivity index (χ1n) is 11.3. The van der Waals surface area contributed by atoms with Gasteiger partial charge in [-0.15, -0.1) is 17.8 Å². The van der Waals surface area contributed by atoms with Crippen LogP contribution in [0.4, 0.5) is 0 Å². The van der Waals surface area contributed by atoms with Crippen LogP contribution in [0.15, 0.2) is 39.5 Å². The first-order chi connectivity index (χ1) is 16.3. The van der Waals surface area contributed by atoms with Crippen LogP contribution in [0.2, 0.25) is 4.34 Å². The maximum absolute atomic E-state index is 13.3. The highest BCUT2D eigenvalue weighted by Gasteiger charge is 2.38. The second kappa shape index (κ2) is 10.8. The number of aryl methyl sites for hydroxylation is 1. The molecule has 1 atom stereocenters. The first kappa shape index (κ1) is 25.1. The van der Waals surface area contributed by atoms with Crippen LogP contribution in [0.25, 0.3) is 10.2 Å². The van der Waals surface area contributed by atoms with Crippen molar-refractivity contribution in [2.75, 3.05) is 6.54 Å². The summed E-state index contributed by atoms with van der Waals surface area (Å²) in [4.78, 5) is 18.3. The molecule has 1 unspecified atom stereocenters. The number of aromatic nitrogens is 1. The van der Waals surface area contributed by atoms with Gasteiger partial charge in [-0.1, -0.05) is 54.7 Å². The van der Waals surface area contributed by atoms with E-state index < -0.39 is 22.0 Å². The van der Waals surface area contributed by atoms with E-state index in [-0.39, 0.29) is 17.3 Å². The zero-order valence-electron chi connectivity index (χ0n) is 18.9. The molecule has 1 fully saturated rings. The number of sulfonamides is 1. The van der Waals surface area contributed by atoms with E-state index in [2.05, 4.69) is 30.0 Å². The molecule has 0 aliphatic carbocycles. The van der Waals surface area contributed by atoms with E-state index in [0.29, 0.717) is 22.0 Å². The van der Waals surface area contributed by atoms with Gasteiger partial charge in [-0.2, -0.15) is 9.30 Å². The average molecular weight is 536 g/mol. The van der Waals surface area contributed by atoms with Crippen LogP contribution in [-0.2, 0) is 27.8 Å². The number of terminal acetylenes is 1. The molecule has 1 amide bonds. The molecular formula is C24H26ClN3O3S3. The minimum absolute atomic E-state index is 0.140. The Balaban J connectivity index is 1.72. The molecule has 0 bridgehead atoms. The van der Waals surface area contributed by atoms with Crippen molar-refractivity contribution in [1.29, 1.82) is 0 Å². The Labute approximate surface area is 212 Å². The molecular weight excluding hydrogens is 510 g/mol. The van der Waals surface area contributed by atoms with Crippen LogP contribution in [0.1, 0.15) is 44.6 Å². The number of unbranched alkanes of at least 4 members (excludes halogenated alkanes) is 1. The van der Waals surface area contributed by atoms with Crippen molar-refractivity contribution in [1.82, 2.24) is 8.87 Å². The van der Waals surface area contributed by atoms with Gasteiger partial charge in [0.2, 0.25) is 0 Å². The molecule has 3 aromatic rings. The summed E-state index contributed by atoms with van der Waals surface area (Å²) in [5.74, 6) is 2.18. The highest BCUT2D eigenvalue weighted by Crippen LogP contribution is 2.32. The van der Waals surface area contributed by atoms with Gasteiger partial charge in [0.15, 0.2) is 4.80 Å². The number of amides is 1. The Morgan fingerprint density at radius 3 is 2.79 bits per heavy atom. The fourth-order valence-electron chi connectivity index (χ4n) is 4.14. The Kier molecular flexibility index (Phi) is 7.95. The molecule has 34 heavy (non-hydrogen) atoms. The van der Waals surface area contributed by atoms with Crippen molar-refractivity contribution in [3.8, 4) is 12.3 Å². The van der Waals surface area contributed by atoms with Crippen molar-refractivity contribution in [3.63, 3.8) is 0 Å². The van der Waals surface area contributed by atoms with Gasteiger partial charge in [0, 0.05) is 6.54 Å². The summed E-state index contributed by atoms with van der Waals surface area (Å²) in [6, 6.07) is 8.44. The lowest BCUT2D eigenvalue weighted by molar-refractivity contribution is -0.122. The SMILES string of the molecule is C#CCn1c(=NC(=O)C2CCCCN2S(=O)(=O)c2ccc(Cl)s2)sc2cc(CCCC)ccc21. The number of halogens is 1. The van der Waals surface area contributed by atoms with Crippen molar-refractivity contribution in [2.24, 2.45) is 4.99 Å². The van der Waals surface area contributed by atoms with Crippen molar-refractivity contribution < 1.29 is 13.2 Å². The number of thiophene rings is 1. The predicted molar refractivity (Wildman–Crippen MR) is 139 cm³/mol. The van der Waals surface area contributed by atoms with Crippen LogP contribution in [-0.4, -0.2) is 35.8 Å². The smallest absolute Gasteiger partial charge is 0.266 e. The number of carbonyl (C=O) groups is 1. The topological polar surface area (TPSA) is 71.7 Å². The lowest BCUT2D eigenvalue weighted by Crippen LogP contribution is -2.47. The Hall–Kier alpha value is -1.96. The van der Waals surface area contributed by atoms with Gasteiger partial charge in [0.05, 0.1) is 21.1 Å². The fraction of sp³-hybridized carbons (Fsp3) is 0.417. The van der Waals surface area contributed by atoms with Gasteiger partial charge in [0.25, 0.3) is 15.9 Å². The van der Waals surface area contributed by atoms with Crippen LogP contribution in [0.3, 0.4) is 0 Å². The van der Waals surface area contributed by atoms with Crippen LogP contribution in [0, 0.1) is 12.3 Å². The monoisotopic (exact) mass is 535 g/mol. The van der Waals surface area contributed by atoms with Crippen LogP contribution < -0.4 is 4.80 Å². The Morgan fingerprint density at radius 1 is 1.26 bits per heavy atom. The number of piperidine rings is 1. The van der Waals surface area contributed by atoms with Gasteiger partial charge < -0.3 is 4.57 Å². The Bertz CT molecular complexity index is 1410. The van der Waals surface area contributed by atoms with E-state index in [1.807, 2.05) is 10.6 Å². The second-order valence-electron chi connectivity index (χ2n) is 8.22. The van der Waals surface area contributed by atoms with E-state index in [9.17, 15) is 13.2 Å². The van der Waals surface area contributed by atoms with E-state index in [4.69, 9.17) is 18.0 Å². The second-order valence-corrected chi connectivity index (χ2v) is 13.1. The number of benzene rings is 1. The number of rotatable bonds is 7. The zero-order chi connectivity index (χ0) is 24.3. The first-order valence-corrected chi connectivity index (χ1v) is 14.7. The predicted octanol–water partition coefficient (Wildman–Crippen LogP) is 5.06. The number of fused-ring (bicyclic) bond motifs is 1. The quantitative estimate of drug-likeness (QED) is 0.397. The molecule has 1 aliphatic rings. The molecule has 0 radical (unpaired) electrons. The van der Waals surface area contributed by atoms with Crippen molar-refractivity contribution >= 4 is 60.4 Å². The molecule has 2 aromatic heterocycles. The van der Waals surface area contributed by atoms with E-state index in [1.54, 1.807) is 6.07 Å². The third kappa shape index (κ3) is 5.16. The van der Waals surface area contributed by atoms with Gasteiger partial charge in [0.1, 0.15) is 10.3 Å². The summed E-state index contributed by atoms with van der Waals surface area (Å²) in [6.07, 6.45) is 10.7. The number of hydrogen-bond donors (Lipinski definition) is 0. The molecule has 10 heteroatoms. The zero-order valence-corrected chi connectivity index (χ0v) is 22.1. The van der Waals surface area contributed by atoms with Crippen molar-refractivity contribution in [2.45, 2.75) is 62.2 Å². The summed E-state index contributed by atoms with van der Waals surface area (Å²) < 4.78 is 31.2. The van der Waals surface area contributed by atoms with Gasteiger partial charge in [-0.25, -0.2) is 8.42 Å². The van der Waals surface area contributed by atoms with Crippen LogP contribution >= 0.6 is 34.3 Å². The number of carbonyl (C=O) groups excluding carboxylic acids is 1. The number of thiazole rings is 1. The van der Waals surface area contributed by atoms with Gasteiger partial charge >= 0.3 is 0 Å². The molecule has 1 aliphatic heterocycles. The third-order valence-electron chi connectivity index (χ3n) is 5.87. The molecule has 3 heterocycles. The number of nitrogens with zero attached hydrogens (tertiary/aromatic N) is 3. The summed E-state index contributed by atoms with van der Waals surface area (Å²) >= 11 is 8.37. The summed E-state index contributed by atoms with van der Waals surface area (Å²) in [5.41, 5.74) is 2.16. The van der Waals surface area contributed by atoms with E-state index >= 15 is 0 Å². The standard InChI is InChI=1S/C24H26ClN3O3S3/c1-3-5-8-17-10-11-18-20(16-17)32-24(27(18)14-4-2)26-23(29)19-9-6-7-15-28(19)34(30,31)22-13-12-21(25)33-22/h2,10-13,16,19H,3,5-9,14-15H2,1H3. The lowest BCUT2D eigenvalue weighted by Gasteiger charge is -2.31. The summed E-state index contributed by atoms with van der Waals surface area (Å²) in [7, 11) is -3.84. The molecule has 0 saturated carbocycles. The van der Waals surface area contributed by atoms with Gasteiger partial charge in [-0.05, 0) is 55.5 Å². The molecule has 180 valence electrons. The number of hydrogen-bond acceptors (Lipinski definition) is 5. The average Bonchev–Trinajstić information content (AvgIpc) is 3.41. The minimum atomic E-state index is -3.84. The molecule has 1 aromatic carbocycles. The summed E-state index contributed by atoms with van der Waals surface area (Å²) in [5, 5.41) is 0. The molecule has 4 rings (SSSR count). The highest BCUT2D eigenvalue weighted by atomic mass is 35.5. The Morgan fingerprint density at radius 2 is 2.09 bits per heavy atom. The normalized spacial score (nSPS) is 17.8. The lowest BCUT2D eigenvalue weighted by atomic mass is 10.0. The van der Waals surface area contributed by atoms with Gasteiger partial charge in [-0.3, -0.25) is 4.79 Å². The van der Waals surface area contributed by atoms with Crippen LogP contribution in [0.5, 0.6) is 0 Å². The maximum Gasteiger partial charge on any atom is 0.266 e. The third-order valence-corrected chi connectivity index (χ3v) is 10.5. The molecule has 1 saturated heterocycles. The van der Waals surface area contributed by atoms with E-state index in [1.165, 1.54) is 27.3 Å². The van der Waals surface area contributed by atoms with E-state index in [0.717, 1.165) is 47.2 Å². The molecule has 0 spiro atoms. The molecule has 0 N–H and O–H groups in total. The molecule has 6 nitrogen and oxygen atoms in total. The minimum Gasteiger partial charge on any atom is -0.305 e. The summed E-state index contributed by atoms with van der Waals surface area (Å²) in [6.45, 7) is 2.72. The largest absolute Gasteiger partial charge is 0.305 e. The van der Waals surface area contributed by atoms with Crippen molar-refractivity contribution in [3.05, 3.63) is 45.0 Å². The maximum atomic E-state index is 13.3.